The van der Waals surface area contributed by atoms with Crippen molar-refractivity contribution in [1.82, 2.24) is 0 Å². The molecule has 1 aliphatic carbocycles. The highest BCUT2D eigenvalue weighted by Gasteiger charge is 2.66. The summed E-state index contributed by atoms with van der Waals surface area (Å²) >= 11 is 0. The molecule has 2 heterocycles. The van der Waals surface area contributed by atoms with Crippen molar-refractivity contribution >= 4 is 5.78 Å². The van der Waals surface area contributed by atoms with Crippen molar-refractivity contribution in [3.63, 3.8) is 0 Å². The molecular weight excluding hydrogens is 172 g/mol. The highest BCUT2D eigenvalue weighted by atomic mass is 16.8. The zero-order chi connectivity index (χ0) is 9.27. The van der Waals surface area contributed by atoms with E-state index in [1.165, 1.54) is 0 Å². The lowest BCUT2D eigenvalue weighted by atomic mass is 9.73. The van der Waals surface area contributed by atoms with E-state index in [1.54, 1.807) is 6.92 Å². The van der Waals surface area contributed by atoms with E-state index in [4.69, 9.17) is 9.47 Å². The van der Waals surface area contributed by atoms with Crippen LogP contribution in [0.2, 0.25) is 0 Å². The van der Waals surface area contributed by atoms with Gasteiger partial charge in [0.05, 0.1) is 0 Å². The lowest BCUT2D eigenvalue weighted by Crippen LogP contribution is -2.57. The second-order valence-electron chi connectivity index (χ2n) is 4.46. The van der Waals surface area contributed by atoms with Crippen molar-refractivity contribution in [1.29, 1.82) is 0 Å². The van der Waals surface area contributed by atoms with Gasteiger partial charge in [-0.05, 0) is 6.92 Å². The number of carbonyl (C=O) groups excluding carboxylic acids is 1. The van der Waals surface area contributed by atoms with Gasteiger partial charge in [0.15, 0.2) is 12.1 Å². The normalized spacial score (nSPS) is 58.8. The minimum Gasteiger partial charge on any atom is -0.363 e. The van der Waals surface area contributed by atoms with Gasteiger partial charge in [-0.1, -0.05) is 0 Å². The van der Waals surface area contributed by atoms with E-state index in [2.05, 4.69) is 0 Å². The SMILES string of the molecule is CC12CC(=O)[C@H]3C[C@@H](O1)O[C@]2(O)C3. The monoisotopic (exact) mass is 184 g/mol. The summed E-state index contributed by atoms with van der Waals surface area (Å²) < 4.78 is 10.9. The highest BCUT2D eigenvalue weighted by Crippen LogP contribution is 2.53. The van der Waals surface area contributed by atoms with Crippen LogP contribution >= 0.6 is 0 Å². The molecule has 72 valence electrons. The fourth-order valence-corrected chi connectivity index (χ4v) is 2.66. The standard InChI is InChI=1S/C9H12O4/c1-8-4-6(10)5-2-7(12-8)13-9(8,11)3-5/h5,7,11H,2-4H2,1H3/t5-,7-,8?,9+/m0/s1. The Labute approximate surface area is 75.8 Å². The van der Waals surface area contributed by atoms with Crippen LogP contribution in [-0.4, -0.2) is 28.6 Å². The first-order valence-electron chi connectivity index (χ1n) is 4.63. The van der Waals surface area contributed by atoms with Crippen LogP contribution in [0.15, 0.2) is 0 Å². The first-order chi connectivity index (χ1) is 6.02. The minimum atomic E-state index is -1.21. The average molecular weight is 184 g/mol. The molecule has 0 aromatic rings. The number of Topliss-reactive ketones (excluding diaryl/α,β-unsaturated/α-hetero) is 1. The Morgan fingerprint density at radius 1 is 1.54 bits per heavy atom. The summed E-state index contributed by atoms with van der Waals surface area (Å²) in [5, 5.41) is 10.1. The van der Waals surface area contributed by atoms with Gasteiger partial charge >= 0.3 is 0 Å². The van der Waals surface area contributed by atoms with Gasteiger partial charge in [-0.15, -0.1) is 0 Å². The maximum atomic E-state index is 11.5. The van der Waals surface area contributed by atoms with Crippen LogP contribution in [0.4, 0.5) is 0 Å². The molecule has 1 N–H and O–H groups in total. The number of fused-ring (bicyclic) bond motifs is 2. The van der Waals surface area contributed by atoms with Crippen molar-refractivity contribution in [3.05, 3.63) is 0 Å². The molecule has 1 unspecified atom stereocenters. The second-order valence-corrected chi connectivity index (χ2v) is 4.46. The van der Waals surface area contributed by atoms with Crippen LogP contribution in [-0.2, 0) is 14.3 Å². The lowest BCUT2D eigenvalue weighted by Gasteiger charge is -2.42. The molecule has 4 nitrogen and oxygen atoms in total. The second kappa shape index (κ2) is 1.97. The Morgan fingerprint density at radius 2 is 2.31 bits per heavy atom. The maximum Gasteiger partial charge on any atom is 0.198 e. The zero-order valence-corrected chi connectivity index (χ0v) is 7.45. The molecule has 0 aromatic carbocycles. The predicted octanol–water partition coefficient (Wildman–Crippen LogP) is 0.189. The van der Waals surface area contributed by atoms with Gasteiger partial charge < -0.3 is 14.6 Å². The van der Waals surface area contributed by atoms with Crippen LogP contribution in [0, 0.1) is 5.92 Å². The molecule has 3 rings (SSSR count). The van der Waals surface area contributed by atoms with E-state index in [1.807, 2.05) is 0 Å². The average Bonchev–Trinajstić information content (AvgIpc) is 2.09. The number of ketones is 1. The van der Waals surface area contributed by atoms with Crippen LogP contribution in [0.1, 0.15) is 26.2 Å². The number of aliphatic hydroxyl groups is 1. The van der Waals surface area contributed by atoms with Gasteiger partial charge in [0.1, 0.15) is 11.4 Å². The molecule has 2 aliphatic heterocycles. The van der Waals surface area contributed by atoms with Gasteiger partial charge in [0, 0.05) is 25.2 Å². The van der Waals surface area contributed by atoms with Gasteiger partial charge in [0.2, 0.25) is 0 Å². The van der Waals surface area contributed by atoms with Crippen LogP contribution in [0.3, 0.4) is 0 Å². The Kier molecular flexibility index (Phi) is 1.20. The molecule has 3 aliphatic rings. The molecular formula is C9H12O4. The number of hydrogen-bond donors (Lipinski definition) is 1. The van der Waals surface area contributed by atoms with E-state index >= 15 is 0 Å². The number of hydrogen-bond acceptors (Lipinski definition) is 4. The number of carbonyl (C=O) groups is 1. The highest BCUT2D eigenvalue weighted by molar-refractivity contribution is 5.84. The topological polar surface area (TPSA) is 55.8 Å². The Hall–Kier alpha value is -0.450. The molecule has 0 aromatic heterocycles. The Bertz CT molecular complexity index is 289. The Morgan fingerprint density at radius 3 is 3.08 bits per heavy atom. The third kappa shape index (κ3) is 0.789. The maximum absolute atomic E-state index is 11.5. The number of rotatable bonds is 0. The third-order valence-electron chi connectivity index (χ3n) is 3.51. The van der Waals surface area contributed by atoms with E-state index in [0.29, 0.717) is 12.8 Å². The summed E-state index contributed by atoms with van der Waals surface area (Å²) in [7, 11) is 0. The fourth-order valence-electron chi connectivity index (χ4n) is 2.66. The molecule has 0 spiro atoms. The minimum absolute atomic E-state index is 0.0562. The molecule has 4 atom stereocenters. The molecule has 13 heavy (non-hydrogen) atoms. The van der Waals surface area contributed by atoms with Gasteiger partial charge in [-0.25, -0.2) is 0 Å². The summed E-state index contributed by atoms with van der Waals surface area (Å²) in [4.78, 5) is 11.5. The van der Waals surface area contributed by atoms with Crippen LogP contribution in [0.25, 0.3) is 0 Å². The molecule has 0 radical (unpaired) electrons. The van der Waals surface area contributed by atoms with E-state index in [-0.39, 0.29) is 24.4 Å². The molecule has 1 saturated carbocycles. The smallest absolute Gasteiger partial charge is 0.198 e. The van der Waals surface area contributed by atoms with Crippen molar-refractivity contribution in [2.75, 3.05) is 0 Å². The van der Waals surface area contributed by atoms with E-state index < -0.39 is 11.4 Å². The molecule has 2 saturated heterocycles. The largest absolute Gasteiger partial charge is 0.363 e. The van der Waals surface area contributed by atoms with Gasteiger partial charge in [-0.3, -0.25) is 4.79 Å². The zero-order valence-electron chi connectivity index (χ0n) is 7.45. The predicted molar refractivity (Wildman–Crippen MR) is 41.7 cm³/mol. The number of ether oxygens (including phenoxy) is 2. The summed E-state index contributed by atoms with van der Waals surface area (Å²) in [6, 6.07) is 0. The van der Waals surface area contributed by atoms with Gasteiger partial charge in [-0.2, -0.15) is 0 Å². The van der Waals surface area contributed by atoms with Crippen molar-refractivity contribution in [2.24, 2.45) is 5.92 Å². The summed E-state index contributed by atoms with van der Waals surface area (Å²) in [6.07, 6.45) is 0.917. The molecule has 3 fully saturated rings. The first kappa shape index (κ1) is 7.91. The van der Waals surface area contributed by atoms with Crippen LogP contribution in [0.5, 0.6) is 0 Å². The first-order valence-corrected chi connectivity index (χ1v) is 4.63. The van der Waals surface area contributed by atoms with Crippen molar-refractivity contribution < 1.29 is 19.4 Å². The van der Waals surface area contributed by atoms with Crippen molar-refractivity contribution in [2.45, 2.75) is 43.9 Å². The van der Waals surface area contributed by atoms with Crippen LogP contribution < -0.4 is 0 Å². The molecule has 3 bridgehead atoms. The lowest BCUT2D eigenvalue weighted by molar-refractivity contribution is -0.254. The summed E-state index contributed by atoms with van der Waals surface area (Å²) in [6.45, 7) is 1.76. The summed E-state index contributed by atoms with van der Waals surface area (Å²) in [5.74, 6) is -1.06. The molecule has 4 heteroatoms. The summed E-state index contributed by atoms with van der Waals surface area (Å²) in [5.41, 5.74) is -0.804. The van der Waals surface area contributed by atoms with E-state index in [9.17, 15) is 9.90 Å². The quantitative estimate of drug-likeness (QED) is 0.584. The van der Waals surface area contributed by atoms with Crippen molar-refractivity contribution in [3.8, 4) is 0 Å². The Balaban J connectivity index is 2.10. The van der Waals surface area contributed by atoms with Gasteiger partial charge in [0.25, 0.3) is 0 Å². The fraction of sp³-hybridized carbons (Fsp3) is 0.889. The third-order valence-corrected chi connectivity index (χ3v) is 3.51. The molecule has 0 amide bonds. The van der Waals surface area contributed by atoms with E-state index in [0.717, 1.165) is 0 Å².